The summed E-state index contributed by atoms with van der Waals surface area (Å²) in [5.41, 5.74) is 1.04. The Bertz CT molecular complexity index is 889. The maximum Gasteiger partial charge on any atom is 0.225 e. The van der Waals surface area contributed by atoms with Crippen LogP contribution < -0.4 is 10.6 Å². The van der Waals surface area contributed by atoms with Crippen molar-refractivity contribution in [3.05, 3.63) is 53.1 Å². The molecular formula is C22H30F2N4O3. The number of carbonyl (C=O) groups excluding carboxylic acids is 1. The van der Waals surface area contributed by atoms with Crippen LogP contribution in [0.2, 0.25) is 0 Å². The van der Waals surface area contributed by atoms with Crippen LogP contribution in [-0.2, 0) is 16.1 Å². The molecule has 0 spiro atoms. The third-order valence-corrected chi connectivity index (χ3v) is 5.75. The Kier molecular flexibility index (Phi) is 7.74. The van der Waals surface area contributed by atoms with Crippen LogP contribution in [0.5, 0.6) is 0 Å². The quantitative estimate of drug-likeness (QED) is 0.452. The van der Waals surface area contributed by atoms with Gasteiger partial charge in [0.1, 0.15) is 17.5 Å². The predicted molar refractivity (Wildman–Crippen MR) is 111 cm³/mol. The molecule has 1 aliphatic rings. The van der Waals surface area contributed by atoms with Gasteiger partial charge in [-0.3, -0.25) is 4.79 Å². The van der Waals surface area contributed by atoms with Crippen LogP contribution in [0.3, 0.4) is 0 Å². The van der Waals surface area contributed by atoms with E-state index in [9.17, 15) is 18.7 Å². The fraction of sp³-hybridized carbons (Fsp3) is 0.545. The molecule has 4 N–H and O–H groups in total. The van der Waals surface area contributed by atoms with Crippen LogP contribution in [0.15, 0.2) is 24.4 Å². The molecule has 0 radical (unpaired) electrons. The summed E-state index contributed by atoms with van der Waals surface area (Å²) in [6, 6.07) is 3.13. The van der Waals surface area contributed by atoms with E-state index in [4.69, 9.17) is 4.74 Å². The molecular weight excluding hydrogens is 406 g/mol. The number of methoxy groups -OCH3 is 1. The van der Waals surface area contributed by atoms with Crippen molar-refractivity contribution in [1.82, 2.24) is 20.6 Å². The molecule has 31 heavy (non-hydrogen) atoms. The zero-order valence-corrected chi connectivity index (χ0v) is 18.0. The fourth-order valence-electron chi connectivity index (χ4n) is 4.05. The molecule has 7 nitrogen and oxygen atoms in total. The van der Waals surface area contributed by atoms with E-state index < -0.39 is 29.6 Å². The molecule has 0 unspecified atom stereocenters. The second-order valence-corrected chi connectivity index (χ2v) is 8.24. The van der Waals surface area contributed by atoms with E-state index in [0.29, 0.717) is 25.1 Å². The topological polar surface area (TPSA) is 99.3 Å². The summed E-state index contributed by atoms with van der Waals surface area (Å²) in [7, 11) is 1.55. The van der Waals surface area contributed by atoms with Crippen LogP contribution in [0, 0.1) is 17.6 Å². The van der Waals surface area contributed by atoms with Gasteiger partial charge in [-0.1, -0.05) is 19.9 Å². The number of imidazole rings is 1. The van der Waals surface area contributed by atoms with Crippen molar-refractivity contribution in [3.63, 3.8) is 0 Å². The van der Waals surface area contributed by atoms with Gasteiger partial charge in [-0.05, 0) is 12.5 Å². The minimum Gasteiger partial charge on any atom is -0.392 e. The molecule has 2 aromatic rings. The number of ether oxygens (including phenoxy) is 1. The van der Waals surface area contributed by atoms with Crippen LogP contribution in [0.25, 0.3) is 0 Å². The lowest BCUT2D eigenvalue weighted by Gasteiger charge is -2.22. The Labute approximate surface area is 180 Å². The van der Waals surface area contributed by atoms with E-state index in [1.165, 1.54) is 12.1 Å². The third-order valence-electron chi connectivity index (χ3n) is 5.75. The van der Waals surface area contributed by atoms with Gasteiger partial charge in [0.15, 0.2) is 0 Å². The van der Waals surface area contributed by atoms with Crippen LogP contribution >= 0.6 is 0 Å². The molecule has 1 amide bonds. The number of rotatable bonds is 9. The average Bonchev–Trinajstić information content (AvgIpc) is 3.32. The second kappa shape index (κ2) is 10.3. The first-order valence-corrected chi connectivity index (χ1v) is 10.5. The number of aromatic amines is 1. The van der Waals surface area contributed by atoms with Crippen molar-refractivity contribution < 1.29 is 23.4 Å². The summed E-state index contributed by atoms with van der Waals surface area (Å²) in [5.74, 6) is -1.62. The smallest absolute Gasteiger partial charge is 0.225 e. The molecule has 170 valence electrons. The highest BCUT2D eigenvalue weighted by molar-refractivity contribution is 5.80. The Morgan fingerprint density at radius 2 is 2.16 bits per heavy atom. The average molecular weight is 437 g/mol. The number of benzene rings is 1. The van der Waals surface area contributed by atoms with Crippen molar-refractivity contribution in [2.24, 2.45) is 5.92 Å². The van der Waals surface area contributed by atoms with Gasteiger partial charge in [0.2, 0.25) is 5.91 Å². The van der Waals surface area contributed by atoms with Crippen molar-refractivity contribution in [1.29, 1.82) is 0 Å². The predicted octanol–water partition coefficient (Wildman–Crippen LogP) is 2.20. The molecule has 1 heterocycles. The third kappa shape index (κ3) is 5.47. The van der Waals surface area contributed by atoms with Gasteiger partial charge < -0.3 is 25.5 Å². The molecule has 1 saturated carbocycles. The second-order valence-electron chi connectivity index (χ2n) is 8.24. The van der Waals surface area contributed by atoms with Gasteiger partial charge in [-0.25, -0.2) is 13.8 Å². The van der Waals surface area contributed by atoms with E-state index in [2.05, 4.69) is 20.6 Å². The zero-order valence-electron chi connectivity index (χ0n) is 18.0. The maximum absolute atomic E-state index is 14.1. The number of halogens is 2. The van der Waals surface area contributed by atoms with Crippen molar-refractivity contribution >= 4 is 5.91 Å². The Balaban J connectivity index is 1.79. The van der Waals surface area contributed by atoms with Crippen molar-refractivity contribution in [2.75, 3.05) is 20.3 Å². The number of nitrogens with zero attached hydrogens (tertiary/aromatic N) is 1. The van der Waals surface area contributed by atoms with Gasteiger partial charge in [0.25, 0.3) is 0 Å². The molecule has 0 bridgehead atoms. The zero-order chi connectivity index (χ0) is 22.5. The minimum atomic E-state index is -0.946. The SMILES string of the molecule is COCCNC(=O)[C@H]1C[C@@H](NCc2ccc(F)cc2F)[C@H](c2cnc(C(C)C)[nH]2)[C@@H]1O. The number of carbonyl (C=O) groups is 1. The summed E-state index contributed by atoms with van der Waals surface area (Å²) in [4.78, 5) is 20.3. The lowest BCUT2D eigenvalue weighted by Crippen LogP contribution is -2.37. The van der Waals surface area contributed by atoms with Gasteiger partial charge in [0, 0.05) is 61.6 Å². The lowest BCUT2D eigenvalue weighted by atomic mass is 9.96. The molecule has 3 rings (SSSR count). The molecule has 9 heteroatoms. The Morgan fingerprint density at radius 3 is 2.81 bits per heavy atom. The summed E-state index contributed by atoms with van der Waals surface area (Å²) < 4.78 is 32.2. The number of aromatic nitrogens is 2. The number of amides is 1. The van der Waals surface area contributed by atoms with E-state index in [-0.39, 0.29) is 24.4 Å². The monoisotopic (exact) mass is 436 g/mol. The largest absolute Gasteiger partial charge is 0.392 e. The van der Waals surface area contributed by atoms with Gasteiger partial charge in [-0.2, -0.15) is 0 Å². The number of hydrogen-bond donors (Lipinski definition) is 4. The lowest BCUT2D eigenvalue weighted by molar-refractivity contribution is -0.127. The van der Waals surface area contributed by atoms with Gasteiger partial charge >= 0.3 is 0 Å². The number of aliphatic hydroxyl groups is 1. The molecule has 0 aliphatic heterocycles. The van der Waals surface area contributed by atoms with Crippen molar-refractivity contribution in [3.8, 4) is 0 Å². The van der Waals surface area contributed by atoms with Crippen LogP contribution in [0.1, 0.15) is 49.2 Å². The first kappa shape index (κ1) is 23.3. The number of aliphatic hydroxyl groups excluding tert-OH is 1. The summed E-state index contributed by atoms with van der Waals surface area (Å²) in [6.07, 6.45) is 1.10. The normalized spacial score (nSPS) is 23.5. The highest BCUT2D eigenvalue weighted by atomic mass is 19.1. The molecule has 1 fully saturated rings. The van der Waals surface area contributed by atoms with Gasteiger partial charge in [-0.15, -0.1) is 0 Å². The first-order valence-electron chi connectivity index (χ1n) is 10.5. The minimum absolute atomic E-state index is 0.142. The highest BCUT2D eigenvalue weighted by Crippen LogP contribution is 2.39. The van der Waals surface area contributed by atoms with E-state index in [0.717, 1.165) is 17.6 Å². The highest BCUT2D eigenvalue weighted by Gasteiger charge is 2.47. The summed E-state index contributed by atoms with van der Waals surface area (Å²) >= 11 is 0. The molecule has 0 saturated heterocycles. The molecule has 4 atom stereocenters. The number of hydrogen-bond acceptors (Lipinski definition) is 5. The molecule has 1 aromatic carbocycles. The fourth-order valence-corrected chi connectivity index (χ4v) is 4.05. The Hall–Kier alpha value is -2.36. The van der Waals surface area contributed by atoms with Crippen LogP contribution in [0.4, 0.5) is 8.78 Å². The first-order chi connectivity index (χ1) is 14.8. The number of H-pyrrole nitrogens is 1. The van der Waals surface area contributed by atoms with Gasteiger partial charge in [0.05, 0.1) is 18.6 Å². The Morgan fingerprint density at radius 1 is 1.39 bits per heavy atom. The van der Waals surface area contributed by atoms with Crippen LogP contribution in [-0.4, -0.2) is 53.4 Å². The number of nitrogens with one attached hydrogen (secondary N) is 3. The van der Waals surface area contributed by atoms with E-state index in [1.807, 2.05) is 13.8 Å². The molecule has 1 aliphatic carbocycles. The van der Waals surface area contributed by atoms with E-state index >= 15 is 0 Å². The molecule has 1 aromatic heterocycles. The summed E-state index contributed by atoms with van der Waals surface area (Å²) in [6.45, 7) is 4.88. The van der Waals surface area contributed by atoms with E-state index in [1.54, 1.807) is 13.3 Å². The summed E-state index contributed by atoms with van der Waals surface area (Å²) in [5, 5.41) is 17.1. The maximum atomic E-state index is 14.1. The standard InChI is InChI=1S/C22H30F2N4O3/c1-12(2)21-27-11-18(28-21)19-17(26-10-13-4-5-14(23)8-16(13)24)9-15(20(19)29)22(30)25-6-7-31-3/h4-5,8,11-12,15,17,19-20,26,29H,6-7,9-10H2,1-3H3,(H,25,30)(H,27,28)/t15-,17+,19+,20+/m0/s1. The van der Waals surface area contributed by atoms with Crippen molar-refractivity contribution in [2.45, 2.75) is 50.8 Å².